The van der Waals surface area contributed by atoms with Gasteiger partial charge in [0.25, 0.3) is 0 Å². The van der Waals surface area contributed by atoms with Gasteiger partial charge in [-0.1, -0.05) is 54.6 Å². The van der Waals surface area contributed by atoms with Crippen LogP contribution in [0.15, 0.2) is 71.7 Å². The van der Waals surface area contributed by atoms with Gasteiger partial charge >= 0.3 is 0 Å². The van der Waals surface area contributed by atoms with E-state index in [1.54, 1.807) is 0 Å². The highest BCUT2D eigenvalue weighted by molar-refractivity contribution is 14.0. The van der Waals surface area contributed by atoms with Crippen molar-refractivity contribution in [3.05, 3.63) is 77.9 Å². The number of anilines is 1. The average Bonchev–Trinajstić information content (AvgIpc) is 3.20. The number of nitrogens with zero attached hydrogens (tertiary/aromatic N) is 2. The first-order chi connectivity index (χ1) is 12.3. The minimum atomic E-state index is 0. The first-order valence-corrected chi connectivity index (χ1v) is 8.90. The van der Waals surface area contributed by atoms with Gasteiger partial charge in [0.2, 0.25) is 0 Å². The Morgan fingerprint density at radius 1 is 0.962 bits per heavy atom. The molecule has 0 spiro atoms. The molecule has 0 aromatic heterocycles. The molecule has 0 bridgehead atoms. The van der Waals surface area contributed by atoms with Gasteiger partial charge in [0.05, 0.1) is 6.54 Å². The first kappa shape index (κ1) is 20.3. The smallest absolute Gasteiger partial charge is 0.191 e. The van der Waals surface area contributed by atoms with Crippen molar-refractivity contribution in [1.29, 1.82) is 0 Å². The number of hydrogen-bond acceptors (Lipinski definition) is 2. The number of hydrogen-bond donors (Lipinski definition) is 2. The lowest BCUT2D eigenvalue weighted by Gasteiger charge is -2.18. The molecule has 2 N–H and O–H groups in total. The maximum atomic E-state index is 4.73. The minimum Gasteiger partial charge on any atom is -0.364 e. The molecule has 0 atom stereocenters. The van der Waals surface area contributed by atoms with Crippen LogP contribution in [0.25, 0.3) is 0 Å². The largest absolute Gasteiger partial charge is 0.364 e. The second-order valence-corrected chi connectivity index (χ2v) is 6.08. The summed E-state index contributed by atoms with van der Waals surface area (Å²) in [6, 6.07) is 19.0. The third-order valence-corrected chi connectivity index (χ3v) is 4.16. The zero-order valence-electron chi connectivity index (χ0n) is 15.2. The van der Waals surface area contributed by atoms with Gasteiger partial charge in [0.15, 0.2) is 5.96 Å². The van der Waals surface area contributed by atoms with Crippen molar-refractivity contribution in [3.8, 4) is 0 Å². The van der Waals surface area contributed by atoms with Crippen molar-refractivity contribution in [2.75, 3.05) is 24.5 Å². The number of benzene rings is 2. The summed E-state index contributed by atoms with van der Waals surface area (Å²) < 4.78 is 0. The molecule has 4 nitrogen and oxygen atoms in total. The van der Waals surface area contributed by atoms with Crippen LogP contribution in [-0.4, -0.2) is 25.6 Å². The first-order valence-electron chi connectivity index (χ1n) is 8.90. The van der Waals surface area contributed by atoms with Crippen molar-refractivity contribution in [3.63, 3.8) is 0 Å². The van der Waals surface area contributed by atoms with Crippen molar-refractivity contribution < 1.29 is 0 Å². The average molecular weight is 462 g/mol. The van der Waals surface area contributed by atoms with Crippen LogP contribution in [-0.2, 0) is 13.1 Å². The number of guanidine groups is 1. The fraction of sp³-hybridized carbons (Fsp3) is 0.286. The number of nitrogens with one attached hydrogen (secondary N) is 2. The van der Waals surface area contributed by atoms with Crippen LogP contribution in [0.2, 0.25) is 0 Å². The molecule has 1 aliphatic heterocycles. The zero-order chi connectivity index (χ0) is 17.3. The van der Waals surface area contributed by atoms with Crippen LogP contribution >= 0.6 is 24.0 Å². The minimum absolute atomic E-state index is 0. The predicted molar refractivity (Wildman–Crippen MR) is 121 cm³/mol. The van der Waals surface area contributed by atoms with Gasteiger partial charge in [-0.15, -0.1) is 24.0 Å². The molecule has 2 aromatic carbocycles. The molecule has 5 heteroatoms. The molecule has 0 aliphatic carbocycles. The second-order valence-electron chi connectivity index (χ2n) is 6.08. The lowest BCUT2D eigenvalue weighted by atomic mass is 10.2. The highest BCUT2D eigenvalue weighted by Gasteiger charge is 2.07. The Bertz CT molecular complexity index is 720. The van der Waals surface area contributed by atoms with E-state index in [1.807, 2.05) is 6.07 Å². The molecule has 26 heavy (non-hydrogen) atoms. The summed E-state index contributed by atoms with van der Waals surface area (Å²) in [5, 5.41) is 6.71. The molecule has 1 heterocycles. The summed E-state index contributed by atoms with van der Waals surface area (Å²) in [7, 11) is 0. The Morgan fingerprint density at radius 2 is 1.69 bits per heavy atom. The SMILES string of the molecule is CCNC(=NCc1cccc(N2CC=CC2)c1)NCc1ccccc1.I. The Balaban J connectivity index is 0.00000243. The van der Waals surface area contributed by atoms with Gasteiger partial charge in [-0.25, -0.2) is 4.99 Å². The molecule has 0 radical (unpaired) electrons. The van der Waals surface area contributed by atoms with Gasteiger partial charge in [0, 0.05) is 31.9 Å². The maximum absolute atomic E-state index is 4.73. The van der Waals surface area contributed by atoms with E-state index in [0.29, 0.717) is 6.54 Å². The quantitative estimate of drug-likeness (QED) is 0.296. The van der Waals surface area contributed by atoms with E-state index in [4.69, 9.17) is 4.99 Å². The summed E-state index contributed by atoms with van der Waals surface area (Å²) in [6.07, 6.45) is 4.42. The van der Waals surface area contributed by atoms with E-state index in [2.05, 4.69) is 83.1 Å². The number of halogens is 1. The van der Waals surface area contributed by atoms with Gasteiger partial charge in [-0.05, 0) is 30.2 Å². The standard InChI is InChI=1S/C21H26N4.HI/c1-2-22-21(23-16-18-9-4-3-5-10-18)24-17-19-11-8-12-20(15-19)25-13-6-7-14-25;/h3-12,15H,2,13-14,16-17H2,1H3,(H2,22,23,24);1H. The molecule has 3 rings (SSSR count). The molecule has 0 amide bonds. The summed E-state index contributed by atoms with van der Waals surface area (Å²) in [5.41, 5.74) is 3.73. The van der Waals surface area contributed by atoms with Crippen LogP contribution in [0.4, 0.5) is 5.69 Å². The molecular formula is C21H27IN4. The van der Waals surface area contributed by atoms with Gasteiger partial charge in [-0.3, -0.25) is 0 Å². The monoisotopic (exact) mass is 462 g/mol. The second kappa shape index (κ2) is 10.9. The zero-order valence-corrected chi connectivity index (χ0v) is 17.5. The lowest BCUT2D eigenvalue weighted by Crippen LogP contribution is -2.36. The number of aliphatic imine (C=N–C) groups is 1. The third kappa shape index (κ3) is 6.05. The van der Waals surface area contributed by atoms with E-state index in [1.165, 1.54) is 16.8 Å². The molecule has 2 aromatic rings. The third-order valence-electron chi connectivity index (χ3n) is 4.16. The Kier molecular flexibility index (Phi) is 8.47. The summed E-state index contributed by atoms with van der Waals surface area (Å²) in [6.45, 7) is 6.36. The summed E-state index contributed by atoms with van der Waals surface area (Å²) in [5.74, 6) is 0.847. The van der Waals surface area contributed by atoms with Crippen molar-refractivity contribution >= 4 is 35.6 Å². The molecule has 0 saturated carbocycles. The highest BCUT2D eigenvalue weighted by Crippen LogP contribution is 2.18. The number of rotatable bonds is 6. The van der Waals surface area contributed by atoms with Gasteiger partial charge in [-0.2, -0.15) is 0 Å². The van der Waals surface area contributed by atoms with Gasteiger partial charge < -0.3 is 15.5 Å². The van der Waals surface area contributed by atoms with Crippen LogP contribution in [0.3, 0.4) is 0 Å². The van der Waals surface area contributed by atoms with E-state index in [9.17, 15) is 0 Å². The molecular weight excluding hydrogens is 435 g/mol. The summed E-state index contributed by atoms with van der Waals surface area (Å²) in [4.78, 5) is 7.08. The fourth-order valence-electron chi connectivity index (χ4n) is 2.83. The van der Waals surface area contributed by atoms with Crippen LogP contribution in [0.5, 0.6) is 0 Å². The molecule has 0 fully saturated rings. The fourth-order valence-corrected chi connectivity index (χ4v) is 2.83. The van der Waals surface area contributed by atoms with Crippen LogP contribution in [0, 0.1) is 0 Å². The van der Waals surface area contributed by atoms with Crippen molar-refractivity contribution in [1.82, 2.24) is 10.6 Å². The highest BCUT2D eigenvalue weighted by atomic mass is 127. The van der Waals surface area contributed by atoms with Gasteiger partial charge in [0.1, 0.15) is 0 Å². The molecule has 1 aliphatic rings. The topological polar surface area (TPSA) is 39.7 Å². The van der Waals surface area contributed by atoms with E-state index >= 15 is 0 Å². The Morgan fingerprint density at radius 3 is 2.42 bits per heavy atom. The van der Waals surface area contributed by atoms with Crippen LogP contribution < -0.4 is 15.5 Å². The van der Waals surface area contributed by atoms with Crippen LogP contribution in [0.1, 0.15) is 18.1 Å². The summed E-state index contributed by atoms with van der Waals surface area (Å²) >= 11 is 0. The normalized spacial score (nSPS) is 13.4. The molecule has 0 unspecified atom stereocenters. The predicted octanol–water partition coefficient (Wildman–Crippen LogP) is 3.94. The maximum Gasteiger partial charge on any atom is 0.191 e. The molecule has 138 valence electrons. The molecule has 0 saturated heterocycles. The Hall–Kier alpha value is -2.02. The van der Waals surface area contributed by atoms with Crippen molar-refractivity contribution in [2.45, 2.75) is 20.0 Å². The lowest BCUT2D eigenvalue weighted by molar-refractivity contribution is 0.816. The van der Waals surface area contributed by atoms with Crippen molar-refractivity contribution in [2.24, 2.45) is 4.99 Å². The van der Waals surface area contributed by atoms with E-state index < -0.39 is 0 Å². The van der Waals surface area contributed by atoms with E-state index in [-0.39, 0.29) is 24.0 Å². The van der Waals surface area contributed by atoms with E-state index in [0.717, 1.165) is 32.1 Å². The Labute approximate surface area is 173 Å².